The van der Waals surface area contributed by atoms with Crippen molar-refractivity contribution in [2.24, 2.45) is 5.92 Å². The lowest BCUT2D eigenvalue weighted by Gasteiger charge is -2.40. The summed E-state index contributed by atoms with van der Waals surface area (Å²) in [4.78, 5) is 0. The second-order valence-corrected chi connectivity index (χ2v) is 17.3. The third-order valence-electron chi connectivity index (χ3n) is 6.13. The molecule has 0 radical (unpaired) electrons. The number of hydrogen-bond donors (Lipinski definition) is 1. The van der Waals surface area contributed by atoms with E-state index in [4.69, 9.17) is 9.16 Å². The Kier molecular flexibility index (Phi) is 7.88. The fourth-order valence-electron chi connectivity index (χ4n) is 3.25. The molecule has 29 heavy (non-hydrogen) atoms. The molecule has 1 heterocycles. The topological polar surface area (TPSA) is 47.6 Å². The molecule has 0 bridgehead atoms. The van der Waals surface area contributed by atoms with Gasteiger partial charge >= 0.3 is 0 Å². The van der Waals surface area contributed by atoms with Gasteiger partial charge in [0.15, 0.2) is 8.32 Å². The van der Waals surface area contributed by atoms with E-state index in [-0.39, 0.29) is 33.5 Å². The molecule has 4 nitrogen and oxygen atoms in total. The van der Waals surface area contributed by atoms with Crippen LogP contribution in [0.2, 0.25) is 18.1 Å². The quantitative estimate of drug-likeness (QED) is 0.604. The monoisotopic (exact) mass is 443 g/mol. The minimum atomic E-state index is -2.00. The van der Waals surface area contributed by atoms with Crippen LogP contribution in [0.1, 0.15) is 53.0 Å². The summed E-state index contributed by atoms with van der Waals surface area (Å²) in [5, 5.41) is 0.0830. The highest BCUT2D eigenvalue weighted by atomic mass is 32.2. The lowest BCUT2D eigenvalue weighted by Crippen LogP contribution is -2.47. The minimum Gasteiger partial charge on any atom is -0.411 e. The Labute approximate surface area is 179 Å². The molecule has 0 saturated carbocycles. The Morgan fingerprint density at radius 2 is 1.83 bits per heavy atom. The molecule has 4 atom stereocenters. The van der Waals surface area contributed by atoms with Crippen LogP contribution in [0.25, 0.3) is 0 Å². The molecule has 0 amide bonds. The van der Waals surface area contributed by atoms with Crippen molar-refractivity contribution in [3.05, 3.63) is 35.6 Å². The van der Waals surface area contributed by atoms with Crippen molar-refractivity contribution >= 4 is 19.3 Å². The summed E-state index contributed by atoms with van der Waals surface area (Å²) in [6.45, 7) is 18.3. The average molecular weight is 444 g/mol. The van der Waals surface area contributed by atoms with E-state index in [1.54, 1.807) is 6.07 Å². The first-order valence-electron chi connectivity index (χ1n) is 10.4. The summed E-state index contributed by atoms with van der Waals surface area (Å²) in [5.41, 5.74) is 0.630. The Morgan fingerprint density at radius 1 is 1.21 bits per heavy atom. The van der Waals surface area contributed by atoms with Crippen molar-refractivity contribution in [2.75, 3.05) is 19.8 Å². The van der Waals surface area contributed by atoms with Gasteiger partial charge in [-0.05, 0) is 50.5 Å². The van der Waals surface area contributed by atoms with Gasteiger partial charge in [0.2, 0.25) is 0 Å². The van der Waals surface area contributed by atoms with E-state index in [0.717, 1.165) is 0 Å². The van der Waals surface area contributed by atoms with E-state index in [1.165, 1.54) is 6.07 Å². The largest absolute Gasteiger partial charge is 0.411 e. The van der Waals surface area contributed by atoms with Gasteiger partial charge in [-0.25, -0.2) is 13.3 Å². The maximum Gasteiger partial charge on any atom is 0.192 e. The summed E-state index contributed by atoms with van der Waals surface area (Å²) in [7, 11) is -3.23. The van der Waals surface area contributed by atoms with Crippen LogP contribution in [0, 0.1) is 11.7 Å². The Bertz CT molecular complexity index is 715. The summed E-state index contributed by atoms with van der Waals surface area (Å²) in [6.07, 6.45) is -0.0923. The highest BCUT2D eigenvalue weighted by Gasteiger charge is 2.45. The van der Waals surface area contributed by atoms with Crippen LogP contribution in [-0.2, 0) is 20.1 Å². The van der Waals surface area contributed by atoms with Gasteiger partial charge in [0.1, 0.15) is 5.82 Å². The molecule has 1 fully saturated rings. The van der Waals surface area contributed by atoms with E-state index in [1.807, 2.05) is 32.9 Å². The molecule has 7 heteroatoms. The molecule has 1 aliphatic rings. The van der Waals surface area contributed by atoms with Crippen LogP contribution >= 0.6 is 0 Å². The number of rotatable bonds is 7. The normalized spacial score (nSPS) is 23.2. The minimum absolute atomic E-state index is 0.00509. The molecule has 1 aliphatic heterocycles. The Hall–Kier alpha value is -0.603. The summed E-state index contributed by atoms with van der Waals surface area (Å²) in [5.74, 6) is -0.413. The van der Waals surface area contributed by atoms with E-state index in [0.29, 0.717) is 25.3 Å². The molecule has 0 aliphatic carbocycles. The summed E-state index contributed by atoms with van der Waals surface area (Å²) >= 11 is 0. The molecule has 1 N–H and O–H groups in total. The molecule has 1 aromatic carbocycles. The van der Waals surface area contributed by atoms with Gasteiger partial charge in [-0.1, -0.05) is 39.0 Å². The van der Waals surface area contributed by atoms with Crippen molar-refractivity contribution in [1.82, 2.24) is 4.72 Å². The molecular formula is C22H38FNO3SSi. The number of halogens is 1. The lowest BCUT2D eigenvalue weighted by molar-refractivity contribution is 0.120. The number of ether oxygens (including phenoxy) is 1. The van der Waals surface area contributed by atoms with E-state index in [9.17, 15) is 8.60 Å². The molecule has 2 rings (SSSR count). The van der Waals surface area contributed by atoms with Crippen LogP contribution in [0.15, 0.2) is 24.3 Å². The van der Waals surface area contributed by atoms with Crippen LogP contribution in [0.5, 0.6) is 0 Å². The van der Waals surface area contributed by atoms with E-state index < -0.39 is 19.3 Å². The highest BCUT2D eigenvalue weighted by Crippen LogP contribution is 2.41. The van der Waals surface area contributed by atoms with Crippen LogP contribution in [-0.4, -0.2) is 43.1 Å². The molecule has 166 valence electrons. The molecular weight excluding hydrogens is 405 g/mol. The molecule has 1 saturated heterocycles. The predicted molar refractivity (Wildman–Crippen MR) is 121 cm³/mol. The van der Waals surface area contributed by atoms with Gasteiger partial charge in [0, 0.05) is 18.4 Å². The fraction of sp³-hybridized carbons (Fsp3) is 0.727. The number of hydrogen-bond acceptors (Lipinski definition) is 3. The second-order valence-electron chi connectivity index (χ2n) is 10.5. The molecule has 1 aromatic rings. The van der Waals surface area contributed by atoms with Crippen molar-refractivity contribution in [3.8, 4) is 0 Å². The van der Waals surface area contributed by atoms with Gasteiger partial charge in [-0.3, -0.25) is 0 Å². The Balaban J connectivity index is 2.30. The standard InChI is InChI=1S/C22H38FNO3SSi/c1-21(2,3)28(25)24-13-17(16-11-9-10-12-19(16)23)18-14-26-15-20(18)27-29(7,8)22(4,5)6/h9-12,17-18,20,24H,13-15H2,1-8H3/t17?,18-,20-,28?/m1/s1. The zero-order valence-corrected chi connectivity index (χ0v) is 21.0. The first kappa shape index (κ1) is 24.7. The Morgan fingerprint density at radius 3 is 2.38 bits per heavy atom. The smallest absolute Gasteiger partial charge is 0.192 e. The average Bonchev–Trinajstić information content (AvgIpc) is 3.01. The fourth-order valence-corrected chi connectivity index (χ4v) is 5.37. The van der Waals surface area contributed by atoms with Gasteiger partial charge < -0.3 is 9.16 Å². The number of nitrogens with one attached hydrogen (secondary N) is 1. The summed E-state index contributed by atoms with van der Waals surface area (Å²) in [6, 6.07) is 6.86. The first-order chi connectivity index (χ1) is 13.2. The first-order valence-corrected chi connectivity index (χ1v) is 14.5. The maximum absolute atomic E-state index is 14.7. The molecule has 2 unspecified atom stereocenters. The molecule has 0 spiro atoms. The zero-order chi connectivity index (χ0) is 22.0. The van der Waals surface area contributed by atoms with Crippen LogP contribution < -0.4 is 4.72 Å². The third kappa shape index (κ3) is 6.20. The molecule has 0 aromatic heterocycles. The van der Waals surface area contributed by atoms with E-state index in [2.05, 4.69) is 38.6 Å². The van der Waals surface area contributed by atoms with Gasteiger partial charge in [-0.15, -0.1) is 0 Å². The highest BCUT2D eigenvalue weighted by molar-refractivity contribution is 7.84. The maximum atomic E-state index is 14.7. The van der Waals surface area contributed by atoms with Gasteiger partial charge in [0.25, 0.3) is 0 Å². The van der Waals surface area contributed by atoms with Crippen molar-refractivity contribution in [3.63, 3.8) is 0 Å². The SMILES string of the molecule is CC(C)(C)S(=O)NCC(c1ccccc1F)[C@H]1COC[C@H]1O[Si](C)(C)C(C)(C)C. The van der Waals surface area contributed by atoms with Crippen molar-refractivity contribution in [1.29, 1.82) is 0 Å². The van der Waals surface area contributed by atoms with Gasteiger partial charge in [0.05, 0.1) is 35.1 Å². The van der Waals surface area contributed by atoms with E-state index >= 15 is 0 Å². The van der Waals surface area contributed by atoms with Crippen molar-refractivity contribution in [2.45, 2.75) is 76.4 Å². The predicted octanol–water partition coefficient (Wildman–Crippen LogP) is 5.00. The second kappa shape index (κ2) is 9.26. The van der Waals surface area contributed by atoms with Crippen molar-refractivity contribution < 1.29 is 17.8 Å². The number of benzene rings is 1. The van der Waals surface area contributed by atoms with Crippen LogP contribution in [0.3, 0.4) is 0 Å². The zero-order valence-electron chi connectivity index (χ0n) is 19.2. The van der Waals surface area contributed by atoms with Gasteiger partial charge in [-0.2, -0.15) is 0 Å². The third-order valence-corrected chi connectivity index (χ3v) is 12.2. The van der Waals surface area contributed by atoms with Crippen LogP contribution in [0.4, 0.5) is 4.39 Å². The lowest BCUT2D eigenvalue weighted by atomic mass is 9.84. The summed E-state index contributed by atoms with van der Waals surface area (Å²) < 4.78 is 42.6.